The van der Waals surface area contributed by atoms with E-state index in [1.165, 1.54) is 6.07 Å². The number of nitrogens with one attached hydrogen (secondary N) is 1. The molecule has 208 valence electrons. The lowest BCUT2D eigenvalue weighted by Gasteiger charge is -2.33. The van der Waals surface area contributed by atoms with E-state index in [1.807, 2.05) is 54.9 Å². The molecule has 0 radical (unpaired) electrons. The number of hydrogen-bond donors (Lipinski definition) is 1. The number of pyridine rings is 1. The van der Waals surface area contributed by atoms with Gasteiger partial charge in [0.1, 0.15) is 17.1 Å². The van der Waals surface area contributed by atoms with Crippen LogP contribution in [0.3, 0.4) is 0 Å². The number of hydrogen-bond acceptors (Lipinski definition) is 5. The molecule has 5 rings (SSSR count). The molecule has 1 saturated heterocycles. The van der Waals surface area contributed by atoms with Crippen molar-refractivity contribution < 1.29 is 17.9 Å². The molecule has 0 unspecified atom stereocenters. The van der Waals surface area contributed by atoms with Gasteiger partial charge >= 0.3 is 6.18 Å². The summed E-state index contributed by atoms with van der Waals surface area (Å²) in [5.41, 5.74) is 4.43. The Bertz CT molecular complexity index is 1560. The second-order valence-electron chi connectivity index (χ2n) is 10.1. The molecule has 0 amide bonds. The third-order valence-electron chi connectivity index (χ3n) is 7.25. The lowest BCUT2D eigenvalue weighted by molar-refractivity contribution is -0.138. The second-order valence-corrected chi connectivity index (χ2v) is 10.1. The molecule has 6 nitrogen and oxygen atoms in total. The van der Waals surface area contributed by atoms with Crippen LogP contribution in [0.25, 0.3) is 5.65 Å². The lowest BCUT2D eigenvalue weighted by atomic mass is 10.0. The van der Waals surface area contributed by atoms with Gasteiger partial charge in [0, 0.05) is 62.8 Å². The predicted molar refractivity (Wildman–Crippen MR) is 150 cm³/mol. The largest absolute Gasteiger partial charge is 0.497 e. The molecular formula is C31H32F3N5O. The molecule has 4 aromatic rings. The number of ether oxygens (including phenoxy) is 1. The van der Waals surface area contributed by atoms with Gasteiger partial charge in [-0.2, -0.15) is 13.2 Å². The van der Waals surface area contributed by atoms with Crippen LogP contribution in [-0.4, -0.2) is 59.5 Å². The van der Waals surface area contributed by atoms with E-state index in [4.69, 9.17) is 4.74 Å². The number of nitrogens with zero attached hydrogens (tertiary/aromatic N) is 4. The average molecular weight is 548 g/mol. The standard InChI is InChI=1S/C31H32F3N5O/c1-22-4-5-23(16-24(22)7-9-27-20-36-30-18-28(40-3)10-11-39(27)30)19-35-26-8-6-25(29(17-26)31(32,33)34)21-38-14-12-37(2)13-15-38/h4-6,8,10-11,16-18,20,35H,12-15,19,21H2,1-3H3. The number of fused-ring (bicyclic) bond motifs is 1. The fourth-order valence-corrected chi connectivity index (χ4v) is 4.77. The van der Waals surface area contributed by atoms with Crippen LogP contribution in [0.1, 0.15) is 33.5 Å². The molecule has 1 aliphatic rings. The number of benzene rings is 2. The Labute approximate surface area is 232 Å². The molecule has 2 aromatic carbocycles. The highest BCUT2D eigenvalue weighted by Gasteiger charge is 2.34. The van der Waals surface area contributed by atoms with Crippen LogP contribution in [0.2, 0.25) is 0 Å². The molecule has 40 heavy (non-hydrogen) atoms. The first kappa shape index (κ1) is 27.6. The maximum atomic E-state index is 14.0. The van der Waals surface area contributed by atoms with Crippen molar-refractivity contribution >= 4 is 11.3 Å². The molecule has 2 aromatic heterocycles. The summed E-state index contributed by atoms with van der Waals surface area (Å²) in [5, 5.41) is 3.17. The van der Waals surface area contributed by atoms with Gasteiger partial charge in [0.2, 0.25) is 0 Å². The maximum absolute atomic E-state index is 14.0. The van der Waals surface area contributed by atoms with Crippen molar-refractivity contribution in [1.29, 1.82) is 0 Å². The Kier molecular flexibility index (Phi) is 8.01. The van der Waals surface area contributed by atoms with E-state index in [9.17, 15) is 13.2 Å². The third-order valence-corrected chi connectivity index (χ3v) is 7.25. The first-order valence-electron chi connectivity index (χ1n) is 13.2. The Morgan fingerprint density at radius 1 is 1.00 bits per heavy atom. The highest BCUT2D eigenvalue weighted by molar-refractivity contribution is 5.53. The van der Waals surface area contributed by atoms with Crippen LogP contribution in [0.5, 0.6) is 5.75 Å². The predicted octanol–water partition coefficient (Wildman–Crippen LogP) is 5.43. The number of aryl methyl sites for hydroxylation is 1. The van der Waals surface area contributed by atoms with Crippen LogP contribution >= 0.6 is 0 Å². The monoisotopic (exact) mass is 547 g/mol. The second kappa shape index (κ2) is 11.6. The van der Waals surface area contributed by atoms with Crippen molar-refractivity contribution in [3.8, 4) is 17.6 Å². The summed E-state index contributed by atoms with van der Waals surface area (Å²) in [5.74, 6) is 7.14. The van der Waals surface area contributed by atoms with Crippen molar-refractivity contribution in [2.75, 3.05) is 45.7 Å². The molecule has 1 fully saturated rings. The van der Waals surface area contributed by atoms with Gasteiger partial charge in [0.15, 0.2) is 0 Å². The molecule has 0 saturated carbocycles. The number of rotatable bonds is 6. The molecule has 0 aliphatic carbocycles. The molecule has 0 bridgehead atoms. The number of aromatic nitrogens is 2. The summed E-state index contributed by atoms with van der Waals surface area (Å²) in [6, 6.07) is 14.1. The van der Waals surface area contributed by atoms with Gasteiger partial charge in [-0.05, 0) is 60.8 Å². The highest BCUT2D eigenvalue weighted by Crippen LogP contribution is 2.34. The smallest absolute Gasteiger partial charge is 0.416 e. The van der Waals surface area contributed by atoms with Gasteiger partial charge in [-0.25, -0.2) is 4.98 Å². The number of likely N-dealkylation sites (N-methyl/N-ethyl adjacent to an activating group) is 1. The van der Waals surface area contributed by atoms with E-state index >= 15 is 0 Å². The van der Waals surface area contributed by atoms with Crippen molar-refractivity contribution in [1.82, 2.24) is 19.2 Å². The highest BCUT2D eigenvalue weighted by atomic mass is 19.4. The van der Waals surface area contributed by atoms with E-state index in [2.05, 4.69) is 31.9 Å². The van der Waals surface area contributed by atoms with Crippen LogP contribution in [0, 0.1) is 18.8 Å². The minimum atomic E-state index is -4.42. The number of alkyl halides is 3. The maximum Gasteiger partial charge on any atom is 0.416 e. The number of imidazole rings is 1. The lowest BCUT2D eigenvalue weighted by Crippen LogP contribution is -2.44. The number of methoxy groups -OCH3 is 1. The summed E-state index contributed by atoms with van der Waals surface area (Å²) in [7, 11) is 3.64. The summed E-state index contributed by atoms with van der Waals surface area (Å²) in [4.78, 5) is 8.66. The van der Waals surface area contributed by atoms with Gasteiger partial charge in [-0.15, -0.1) is 0 Å². The Balaban J connectivity index is 1.30. The Morgan fingerprint density at radius 3 is 2.55 bits per heavy atom. The van der Waals surface area contributed by atoms with Crippen molar-refractivity contribution in [2.45, 2.75) is 26.2 Å². The van der Waals surface area contributed by atoms with E-state index in [0.29, 0.717) is 24.3 Å². The van der Waals surface area contributed by atoms with Gasteiger partial charge in [0.05, 0.1) is 18.9 Å². The van der Waals surface area contributed by atoms with Crippen molar-refractivity contribution in [3.05, 3.63) is 94.4 Å². The topological polar surface area (TPSA) is 45.0 Å². The van der Waals surface area contributed by atoms with Crippen LogP contribution < -0.4 is 10.1 Å². The number of piperazine rings is 1. The molecular weight excluding hydrogens is 515 g/mol. The van der Waals surface area contributed by atoms with Gasteiger partial charge in [-0.1, -0.05) is 24.1 Å². The van der Waals surface area contributed by atoms with E-state index in [1.54, 1.807) is 25.4 Å². The summed E-state index contributed by atoms with van der Waals surface area (Å²) in [6.45, 7) is 5.89. The van der Waals surface area contributed by atoms with E-state index in [0.717, 1.165) is 60.0 Å². The Morgan fingerprint density at radius 2 is 1.80 bits per heavy atom. The average Bonchev–Trinajstić information content (AvgIpc) is 3.35. The third kappa shape index (κ3) is 6.41. The quantitative estimate of drug-likeness (QED) is 0.326. The van der Waals surface area contributed by atoms with Gasteiger partial charge in [0.25, 0.3) is 0 Å². The molecule has 3 heterocycles. The van der Waals surface area contributed by atoms with Crippen LogP contribution in [0.4, 0.5) is 18.9 Å². The Hall–Kier alpha value is -4.00. The van der Waals surface area contributed by atoms with Crippen molar-refractivity contribution in [3.63, 3.8) is 0 Å². The molecule has 9 heteroatoms. The zero-order valence-corrected chi connectivity index (χ0v) is 22.8. The summed E-state index contributed by atoms with van der Waals surface area (Å²) >= 11 is 0. The normalized spacial score (nSPS) is 14.7. The first-order chi connectivity index (χ1) is 19.2. The number of anilines is 1. The zero-order chi connectivity index (χ0) is 28.3. The molecule has 0 atom stereocenters. The van der Waals surface area contributed by atoms with Crippen molar-refractivity contribution in [2.24, 2.45) is 0 Å². The summed E-state index contributed by atoms with van der Waals surface area (Å²) < 4.78 is 49.0. The first-order valence-corrected chi connectivity index (χ1v) is 13.2. The van der Waals surface area contributed by atoms with Crippen LogP contribution in [0.15, 0.2) is 60.9 Å². The molecule has 0 spiro atoms. The molecule has 1 aliphatic heterocycles. The zero-order valence-electron chi connectivity index (χ0n) is 22.8. The van der Waals surface area contributed by atoms with Gasteiger partial charge in [-0.3, -0.25) is 9.30 Å². The fourth-order valence-electron chi connectivity index (χ4n) is 4.77. The van der Waals surface area contributed by atoms with E-state index in [-0.39, 0.29) is 0 Å². The number of halogens is 3. The SMILES string of the molecule is COc1ccn2c(C#Cc3cc(CNc4ccc(CN5CCN(C)CC5)c(C(F)(F)F)c4)ccc3C)cnc2c1. The molecule has 1 N–H and O–H groups in total. The minimum Gasteiger partial charge on any atom is -0.497 e. The van der Waals surface area contributed by atoms with Gasteiger partial charge < -0.3 is 15.0 Å². The van der Waals surface area contributed by atoms with E-state index < -0.39 is 11.7 Å². The van der Waals surface area contributed by atoms with Crippen LogP contribution in [-0.2, 0) is 19.3 Å². The summed E-state index contributed by atoms with van der Waals surface area (Å²) in [6.07, 6.45) is -0.840. The fraction of sp³-hybridized carbons (Fsp3) is 0.323. The minimum absolute atomic E-state index is 0.295.